The molecule has 9 aromatic carbocycles. The fourth-order valence-electron chi connectivity index (χ4n) is 6.87. The van der Waals surface area contributed by atoms with Crippen LogP contribution in [0, 0.1) is 0 Å². The number of furan rings is 1. The molecule has 12 aromatic rings. The second-order valence-corrected chi connectivity index (χ2v) is 12.3. The van der Waals surface area contributed by atoms with Crippen molar-refractivity contribution in [1.82, 2.24) is 9.13 Å². The van der Waals surface area contributed by atoms with Crippen molar-refractivity contribution in [3.63, 3.8) is 0 Å². The number of fused-ring (bicyclic) bond motifs is 9. The summed E-state index contributed by atoms with van der Waals surface area (Å²) >= 11 is 0. The summed E-state index contributed by atoms with van der Waals surface area (Å²) in [7, 11) is 0. The van der Waals surface area contributed by atoms with Crippen molar-refractivity contribution in [1.29, 1.82) is 0 Å². The molecular formula is C54H34N2O. The molecule has 0 radical (unpaired) electrons. The Morgan fingerprint density at radius 3 is 1.51 bits per heavy atom. The van der Waals surface area contributed by atoms with E-state index < -0.39 is 316 Å². The molecule has 0 saturated heterocycles. The zero-order valence-corrected chi connectivity index (χ0v) is 28.3. The fraction of sp³-hybridized carbons (Fsp3) is 0. The Morgan fingerprint density at radius 1 is 0.333 bits per heavy atom. The molecule has 3 aromatic heterocycles. The minimum Gasteiger partial charge on any atom is -0.456 e. The zero-order chi connectivity index (χ0) is 67.0. The number of nitrogens with zero attached hydrogens (tertiary/aromatic N) is 2. The van der Waals surface area contributed by atoms with E-state index in [4.69, 9.17) is 30.5 Å². The van der Waals surface area contributed by atoms with E-state index >= 15 is 0 Å². The maximum absolute atomic E-state index is 10.1. The maximum Gasteiger partial charge on any atom is 0.137 e. The molecule has 3 nitrogen and oxygen atoms in total. The molecule has 0 N–H and O–H groups in total. The van der Waals surface area contributed by atoms with E-state index in [0.717, 1.165) is 9.13 Å². The molecule has 0 aliphatic rings. The van der Waals surface area contributed by atoms with Gasteiger partial charge in [-0.25, -0.2) is 0 Å². The highest BCUT2D eigenvalue weighted by Gasteiger charge is 2.21. The first kappa shape index (κ1) is 13.0. The van der Waals surface area contributed by atoms with Gasteiger partial charge in [0.25, 0.3) is 0 Å². The maximum atomic E-state index is 10.1. The average Bonchev–Trinajstić information content (AvgIpc) is 1.55. The summed E-state index contributed by atoms with van der Waals surface area (Å²) in [6, 6.07) is -33.4. The summed E-state index contributed by atoms with van der Waals surface area (Å²) in [5.41, 5.74) is -11.0. The Kier molecular flexibility index (Phi) is 2.84. The number of aromatic nitrogens is 2. The minimum absolute atomic E-state index is 0.603. The summed E-state index contributed by atoms with van der Waals surface area (Å²) in [6.45, 7) is 0. The highest BCUT2D eigenvalue weighted by molar-refractivity contribution is 6.18. The lowest BCUT2D eigenvalue weighted by atomic mass is 9.96. The van der Waals surface area contributed by atoms with Crippen molar-refractivity contribution < 1.29 is 51.0 Å². The summed E-state index contributed by atoms with van der Waals surface area (Å²) in [5.74, 6) is 0. The van der Waals surface area contributed by atoms with E-state index in [1.165, 1.54) is 0 Å². The number of hydrogen-bond acceptors (Lipinski definition) is 1. The van der Waals surface area contributed by atoms with Gasteiger partial charge in [-0.05, 0) is 99.8 Å². The second kappa shape index (κ2) is 12.5. The summed E-state index contributed by atoms with van der Waals surface area (Å²) < 4.78 is 316. The van der Waals surface area contributed by atoms with E-state index in [-0.39, 0.29) is 0 Å². The first-order chi connectivity index (χ1) is 42.4. The van der Waals surface area contributed by atoms with Crippen LogP contribution in [0.3, 0.4) is 0 Å². The summed E-state index contributed by atoms with van der Waals surface area (Å²) in [4.78, 5) is 0. The van der Waals surface area contributed by atoms with Crippen molar-refractivity contribution in [2.75, 3.05) is 0 Å². The van der Waals surface area contributed by atoms with Crippen LogP contribution >= 0.6 is 0 Å². The van der Waals surface area contributed by atoms with Gasteiger partial charge in [-0.3, -0.25) is 0 Å². The van der Waals surface area contributed by atoms with Crippen LogP contribution in [0.5, 0.6) is 0 Å². The first-order valence-corrected chi connectivity index (χ1v) is 16.7. The average molecular weight is 761 g/mol. The molecular weight excluding hydrogens is 693 g/mol. The van der Waals surface area contributed by atoms with Gasteiger partial charge in [0.05, 0.1) is 79.7 Å². The van der Waals surface area contributed by atoms with Gasteiger partial charge in [-0.1, -0.05) is 139 Å². The Morgan fingerprint density at radius 2 is 0.825 bits per heavy atom. The number of benzene rings is 9. The molecule has 0 aliphatic heterocycles. The summed E-state index contributed by atoms with van der Waals surface area (Å²) in [6.07, 6.45) is 0. The van der Waals surface area contributed by atoms with Gasteiger partial charge in [-0.2, -0.15) is 0 Å². The Labute approximate surface area is 376 Å². The van der Waals surface area contributed by atoms with Crippen molar-refractivity contribution in [3.05, 3.63) is 205 Å². The minimum atomic E-state index is -1.14. The predicted octanol–water partition coefficient (Wildman–Crippen LogP) is 14.8. The van der Waals surface area contributed by atoms with E-state index in [9.17, 15) is 20.6 Å². The third-order valence-corrected chi connectivity index (χ3v) is 9.24. The van der Waals surface area contributed by atoms with Crippen LogP contribution in [0.2, 0.25) is 0 Å². The van der Waals surface area contributed by atoms with Gasteiger partial charge in [0, 0.05) is 32.6 Å². The van der Waals surface area contributed by atoms with Crippen molar-refractivity contribution in [2.24, 2.45) is 0 Å². The van der Waals surface area contributed by atoms with Crippen LogP contribution in [-0.2, 0) is 0 Å². The third-order valence-electron chi connectivity index (χ3n) is 9.24. The molecule has 0 aliphatic carbocycles. The SMILES string of the molecule is [2H]c1c([2H])c([2H])c(-c2c([2H])c([2H])c(-c3c([2H])c([2H])c([2H])c4oc5c([2H])c([2H])c([2H])c(-n6c7c([2H])c([2H])c([2H])c([2H])c7c7c([2H])c(-c8c([2H])c([2H])c9c(c8[2H])c8c([2H])c([2H])c([2H])c([2H])c8n9-c8c([2H])c([2H])c([2H])c([2H])c8[2H])c([2H])c([2H])c76)c5c34)c([2H])c2[2H])c([2H])c1[2H]. The normalized spacial score (nSPS) is 20.2. The molecule has 0 fully saturated rings. The molecule has 0 unspecified atom stereocenters. The second-order valence-electron chi connectivity index (χ2n) is 12.3. The van der Waals surface area contributed by atoms with Crippen LogP contribution in [0.4, 0.5) is 0 Å². The van der Waals surface area contributed by atoms with Crippen LogP contribution in [-0.4, -0.2) is 9.13 Å². The number of hydrogen-bond donors (Lipinski definition) is 0. The molecule has 266 valence electrons. The largest absolute Gasteiger partial charge is 0.456 e. The van der Waals surface area contributed by atoms with E-state index in [2.05, 4.69) is 0 Å². The molecule has 3 heterocycles. The first-order valence-electron chi connectivity index (χ1n) is 33.7. The van der Waals surface area contributed by atoms with Gasteiger partial charge in [-0.15, -0.1) is 0 Å². The Hall–Kier alpha value is -7.62. The van der Waals surface area contributed by atoms with Crippen molar-refractivity contribution in [3.8, 4) is 44.8 Å². The number of para-hydroxylation sites is 3. The van der Waals surface area contributed by atoms with Crippen molar-refractivity contribution >= 4 is 65.6 Å². The predicted molar refractivity (Wildman–Crippen MR) is 239 cm³/mol. The number of rotatable bonds is 5. The molecule has 0 spiro atoms. The molecule has 0 atom stereocenters. The molecule has 0 saturated carbocycles. The Bertz CT molecular complexity index is 5440. The monoisotopic (exact) mass is 760 g/mol. The topological polar surface area (TPSA) is 23.0 Å². The van der Waals surface area contributed by atoms with E-state index in [1.807, 2.05) is 0 Å². The van der Waals surface area contributed by atoms with Gasteiger partial charge >= 0.3 is 0 Å². The highest BCUT2D eigenvalue weighted by Crippen LogP contribution is 2.43. The van der Waals surface area contributed by atoms with Crippen LogP contribution in [0.15, 0.2) is 210 Å². The fourth-order valence-corrected chi connectivity index (χ4v) is 6.87. The van der Waals surface area contributed by atoms with Gasteiger partial charge in [0.15, 0.2) is 0 Å². The van der Waals surface area contributed by atoms with Gasteiger partial charge in [0.1, 0.15) is 11.2 Å². The van der Waals surface area contributed by atoms with Crippen LogP contribution in [0.25, 0.3) is 110 Å². The quantitative estimate of drug-likeness (QED) is 0.171. The lowest BCUT2D eigenvalue weighted by Gasteiger charge is -2.12. The van der Waals surface area contributed by atoms with Gasteiger partial charge in [0.2, 0.25) is 0 Å². The Balaban J connectivity index is 1.27. The van der Waals surface area contributed by atoms with Gasteiger partial charge < -0.3 is 13.6 Å². The molecule has 3 heteroatoms. The third kappa shape index (κ3) is 4.86. The van der Waals surface area contributed by atoms with Crippen LogP contribution in [0.1, 0.15) is 46.6 Å². The lowest BCUT2D eigenvalue weighted by molar-refractivity contribution is 0.669. The highest BCUT2D eigenvalue weighted by atomic mass is 16.3. The molecule has 0 bridgehead atoms. The van der Waals surface area contributed by atoms with Crippen LogP contribution < -0.4 is 0 Å². The molecule has 57 heavy (non-hydrogen) atoms. The lowest BCUT2D eigenvalue weighted by Crippen LogP contribution is -1.95. The molecule has 0 amide bonds. The smallest absolute Gasteiger partial charge is 0.137 e. The molecule has 12 rings (SSSR count). The van der Waals surface area contributed by atoms with E-state index in [0.29, 0.717) is 0 Å². The summed E-state index contributed by atoms with van der Waals surface area (Å²) in [5, 5.41) is -4.05. The zero-order valence-electron chi connectivity index (χ0n) is 62.3. The standard InChI is InChI=1S/C54H34N2O/c1-3-13-35(14-4-1)36-25-27-37(28-26-36)41-19-11-23-51-53(41)54-50(22-12-24-52(54)57-51)56-47-21-10-8-18-43(47)45-34-39(30-32-49(45)56)38-29-31-48-44(33-38)42-17-7-9-20-46(42)55(48)40-15-5-2-6-16-40/h1-34H/i1D,2D,3D,4D,5D,6D,7D,8D,9D,10D,11D,12D,13D,14D,15D,16D,17D,18D,19D,20D,21D,22D,23D,24D,25D,26D,27D,28D,29D,30D,31D,32D,33D,34D. The van der Waals surface area contributed by atoms with Crippen molar-refractivity contribution in [2.45, 2.75) is 0 Å². The van der Waals surface area contributed by atoms with E-state index in [1.54, 1.807) is 0 Å².